The van der Waals surface area contributed by atoms with Gasteiger partial charge in [-0.2, -0.15) is 0 Å². The van der Waals surface area contributed by atoms with Gasteiger partial charge in [-0.1, -0.05) is 0 Å². The van der Waals surface area contributed by atoms with Crippen molar-refractivity contribution in [2.45, 2.75) is 61.4 Å². The molecule has 0 saturated carbocycles. The van der Waals surface area contributed by atoms with E-state index in [0.29, 0.717) is 11.3 Å². The molecular formula is C28H32O16. The maximum Gasteiger partial charge on any atom is 0.229 e. The minimum atomic E-state index is -1.91. The lowest BCUT2D eigenvalue weighted by molar-refractivity contribution is -0.358. The van der Waals surface area contributed by atoms with Crippen molar-refractivity contribution in [3.63, 3.8) is 0 Å². The Kier molecular flexibility index (Phi) is 9.28. The monoisotopic (exact) mass is 624 g/mol. The highest BCUT2D eigenvalue weighted by atomic mass is 16.8. The molecule has 44 heavy (non-hydrogen) atoms. The van der Waals surface area contributed by atoms with Crippen LogP contribution in [0.4, 0.5) is 0 Å². The van der Waals surface area contributed by atoms with E-state index in [-0.39, 0.29) is 11.1 Å². The van der Waals surface area contributed by atoms with Crippen LogP contribution in [0.1, 0.15) is 0 Å². The van der Waals surface area contributed by atoms with E-state index in [2.05, 4.69) is 0 Å². The average Bonchev–Trinajstić information content (AvgIpc) is 3.02. The first-order valence-electron chi connectivity index (χ1n) is 13.4. The summed E-state index contributed by atoms with van der Waals surface area (Å²) in [5.41, 5.74) is -0.741. The molecule has 2 aliphatic rings. The summed E-state index contributed by atoms with van der Waals surface area (Å²) in [5.74, 6) is -1.42. The van der Waals surface area contributed by atoms with Crippen molar-refractivity contribution >= 4 is 11.0 Å². The molecule has 3 aromatic rings. The topological polar surface area (TPSA) is 258 Å². The summed E-state index contributed by atoms with van der Waals surface area (Å²) in [6, 6.07) is 8.40. The van der Waals surface area contributed by atoms with Gasteiger partial charge in [0.05, 0.1) is 20.3 Å². The van der Waals surface area contributed by atoms with Gasteiger partial charge in [-0.25, -0.2) is 0 Å². The number of rotatable bonds is 8. The zero-order valence-electron chi connectivity index (χ0n) is 23.0. The standard InChI is InChI=1S/C28H32O16/c1-39-11-4-2-10(3-5-11)14-6-12(31)18-13(32)7-15(21(35)25(18)40-14)41-28-26(23(37)20(34)17(9-30)43-28)44-27-24(38)22(36)19(33)16(8-29)42-27/h2-7,16-17,19-20,22-24,26-30,32-38H,8-9H2,1H3/t16-,17-,19-,20-,22-,23+,24-,26-,27+,28-/m1/s1. The minimum absolute atomic E-state index is 0.0219. The Bertz CT molecular complexity index is 1510. The third-order valence-corrected chi connectivity index (χ3v) is 7.50. The Balaban J connectivity index is 1.51. The van der Waals surface area contributed by atoms with Gasteiger partial charge in [-0.3, -0.25) is 4.79 Å². The molecule has 5 rings (SSSR count). The van der Waals surface area contributed by atoms with Crippen LogP contribution in [0.3, 0.4) is 0 Å². The molecule has 0 amide bonds. The fourth-order valence-electron chi connectivity index (χ4n) is 5.02. The first-order chi connectivity index (χ1) is 21.0. The first-order valence-corrected chi connectivity index (χ1v) is 13.4. The van der Waals surface area contributed by atoms with Crippen LogP contribution in [-0.4, -0.2) is 128 Å². The van der Waals surface area contributed by atoms with Crippen LogP contribution in [0, 0.1) is 0 Å². The molecule has 0 radical (unpaired) electrons. The largest absolute Gasteiger partial charge is 0.507 e. The molecule has 0 bridgehead atoms. The van der Waals surface area contributed by atoms with Crippen LogP contribution in [-0.2, 0) is 14.2 Å². The van der Waals surface area contributed by atoms with Crippen molar-refractivity contribution in [1.29, 1.82) is 0 Å². The van der Waals surface area contributed by atoms with E-state index >= 15 is 0 Å². The molecule has 2 saturated heterocycles. The molecule has 2 aliphatic heterocycles. The number of phenols is 2. The van der Waals surface area contributed by atoms with Crippen LogP contribution in [0.25, 0.3) is 22.3 Å². The Morgan fingerprint density at radius 2 is 1.41 bits per heavy atom. The van der Waals surface area contributed by atoms with Crippen molar-refractivity contribution in [3.8, 4) is 34.3 Å². The Labute approximate surface area is 248 Å². The Morgan fingerprint density at radius 1 is 0.795 bits per heavy atom. The number of ether oxygens (including phenoxy) is 5. The molecule has 9 N–H and O–H groups in total. The van der Waals surface area contributed by atoms with E-state index in [1.807, 2.05) is 0 Å². The van der Waals surface area contributed by atoms with E-state index in [9.17, 15) is 50.8 Å². The third-order valence-electron chi connectivity index (χ3n) is 7.50. The van der Waals surface area contributed by atoms with Gasteiger partial charge in [-0.15, -0.1) is 0 Å². The van der Waals surface area contributed by atoms with Gasteiger partial charge >= 0.3 is 0 Å². The number of aliphatic hydroxyl groups is 7. The average molecular weight is 625 g/mol. The summed E-state index contributed by atoms with van der Waals surface area (Å²) in [4.78, 5) is 12.9. The number of hydrogen-bond donors (Lipinski definition) is 9. The zero-order valence-corrected chi connectivity index (χ0v) is 23.0. The van der Waals surface area contributed by atoms with Gasteiger partial charge in [0.1, 0.15) is 65.4 Å². The van der Waals surface area contributed by atoms with Crippen LogP contribution in [0.15, 0.2) is 45.6 Å². The Morgan fingerprint density at radius 3 is 2.02 bits per heavy atom. The fraction of sp³-hybridized carbons (Fsp3) is 0.464. The molecule has 0 aliphatic carbocycles. The lowest BCUT2D eigenvalue weighted by Crippen LogP contribution is -2.65. The van der Waals surface area contributed by atoms with Crippen molar-refractivity contribution in [2.24, 2.45) is 0 Å². The number of hydrogen-bond acceptors (Lipinski definition) is 16. The smallest absolute Gasteiger partial charge is 0.229 e. The molecule has 1 aromatic heterocycles. The maximum absolute atomic E-state index is 12.9. The van der Waals surface area contributed by atoms with Crippen LogP contribution in [0.5, 0.6) is 23.0 Å². The first kappa shape index (κ1) is 31.9. The number of phenolic OH excluding ortho intramolecular Hbond substituents is 2. The highest BCUT2D eigenvalue weighted by Crippen LogP contribution is 2.42. The van der Waals surface area contributed by atoms with Gasteiger partial charge in [0, 0.05) is 17.7 Å². The molecule has 0 unspecified atom stereocenters. The second-order valence-corrected chi connectivity index (χ2v) is 10.3. The molecule has 16 heteroatoms. The summed E-state index contributed by atoms with van der Waals surface area (Å²) >= 11 is 0. The normalized spacial score (nSPS) is 32.5. The van der Waals surface area contributed by atoms with Crippen molar-refractivity contribution in [1.82, 2.24) is 0 Å². The van der Waals surface area contributed by atoms with Crippen molar-refractivity contribution in [2.75, 3.05) is 20.3 Å². The SMILES string of the molecule is COc1ccc(-c2cc(=O)c3c(O)cc(O[C@@H]4O[C@H](CO)[C@@H](O)[C@H](O)[C@H]4O[C@@H]4O[C@H](CO)[C@@H](O)[C@@H](O)[C@H]4O)c(O)c3o2)cc1. The van der Waals surface area contributed by atoms with Gasteiger partial charge in [0.15, 0.2) is 29.2 Å². The maximum atomic E-state index is 12.9. The quantitative estimate of drug-likeness (QED) is 0.121. The predicted octanol–water partition coefficient (Wildman–Crippen LogP) is -2.12. The summed E-state index contributed by atoms with van der Waals surface area (Å²) in [6.07, 6.45) is -17.3. The van der Waals surface area contributed by atoms with Gasteiger partial charge < -0.3 is 74.1 Å². The second-order valence-electron chi connectivity index (χ2n) is 10.3. The van der Waals surface area contributed by atoms with E-state index in [1.54, 1.807) is 24.3 Å². The van der Waals surface area contributed by atoms with Gasteiger partial charge in [-0.05, 0) is 24.3 Å². The summed E-state index contributed by atoms with van der Waals surface area (Å²) in [7, 11) is 1.48. The van der Waals surface area contributed by atoms with Crippen LogP contribution < -0.4 is 14.9 Å². The second kappa shape index (κ2) is 12.8. The van der Waals surface area contributed by atoms with E-state index < -0.39 is 103 Å². The molecule has 0 spiro atoms. The molecule has 2 aromatic carbocycles. The van der Waals surface area contributed by atoms with E-state index in [1.165, 1.54) is 7.11 Å². The Hall–Kier alpha value is -3.55. The molecule has 240 valence electrons. The summed E-state index contributed by atoms with van der Waals surface area (Å²) in [6.45, 7) is -1.59. The molecule has 3 heterocycles. The van der Waals surface area contributed by atoms with Gasteiger partial charge in [0.25, 0.3) is 0 Å². The number of aliphatic hydroxyl groups excluding tert-OH is 7. The number of fused-ring (bicyclic) bond motifs is 1. The molecule has 10 atom stereocenters. The van der Waals surface area contributed by atoms with Gasteiger partial charge in [0.2, 0.25) is 12.0 Å². The third kappa shape index (κ3) is 5.80. The fourth-order valence-corrected chi connectivity index (χ4v) is 5.02. The van der Waals surface area contributed by atoms with Crippen LogP contribution in [0.2, 0.25) is 0 Å². The number of aromatic hydroxyl groups is 2. The van der Waals surface area contributed by atoms with Crippen molar-refractivity contribution < 1.29 is 74.1 Å². The summed E-state index contributed by atoms with van der Waals surface area (Å²) < 4.78 is 33.1. The minimum Gasteiger partial charge on any atom is -0.507 e. The lowest BCUT2D eigenvalue weighted by Gasteiger charge is -2.45. The predicted molar refractivity (Wildman–Crippen MR) is 145 cm³/mol. The van der Waals surface area contributed by atoms with E-state index in [0.717, 1.165) is 12.1 Å². The van der Waals surface area contributed by atoms with Crippen LogP contribution >= 0.6 is 0 Å². The summed E-state index contributed by atoms with van der Waals surface area (Å²) in [5, 5.41) is 92.5. The zero-order chi connectivity index (χ0) is 31.9. The highest BCUT2D eigenvalue weighted by Gasteiger charge is 2.51. The van der Waals surface area contributed by atoms with Crippen molar-refractivity contribution in [3.05, 3.63) is 46.6 Å². The number of benzene rings is 2. The lowest BCUT2D eigenvalue weighted by atomic mass is 9.97. The highest BCUT2D eigenvalue weighted by molar-refractivity contribution is 5.91. The number of methoxy groups -OCH3 is 1. The molecule has 2 fully saturated rings. The molecular weight excluding hydrogens is 592 g/mol. The molecule has 16 nitrogen and oxygen atoms in total. The van der Waals surface area contributed by atoms with E-state index in [4.69, 9.17) is 28.1 Å².